The molecule has 7 nitrogen and oxygen atoms in total. The van der Waals surface area contributed by atoms with Crippen molar-refractivity contribution in [2.75, 3.05) is 0 Å². The zero-order valence-electron chi connectivity index (χ0n) is 13.9. The summed E-state index contributed by atoms with van der Waals surface area (Å²) in [6.07, 6.45) is 6.98. The predicted molar refractivity (Wildman–Crippen MR) is 99.5 cm³/mol. The summed E-state index contributed by atoms with van der Waals surface area (Å²) < 4.78 is 29.1. The molecule has 0 saturated carbocycles. The highest BCUT2D eigenvalue weighted by molar-refractivity contribution is 6.11. The number of hydrogen-bond acceptors (Lipinski definition) is 4. The minimum absolute atomic E-state index is 0.0715. The summed E-state index contributed by atoms with van der Waals surface area (Å²) in [4.78, 5) is 7.54. The van der Waals surface area contributed by atoms with Crippen molar-refractivity contribution in [3.63, 3.8) is 0 Å². The van der Waals surface area contributed by atoms with Crippen LogP contribution in [-0.4, -0.2) is 32.6 Å². The van der Waals surface area contributed by atoms with E-state index in [-0.39, 0.29) is 17.1 Å². The third-order valence-corrected chi connectivity index (χ3v) is 3.73. The van der Waals surface area contributed by atoms with Gasteiger partial charge in [-0.1, -0.05) is 12.1 Å². The first-order chi connectivity index (χ1) is 12.9. The molecule has 2 heterocycles. The van der Waals surface area contributed by atoms with E-state index in [0.29, 0.717) is 16.5 Å². The molecule has 1 aromatic carbocycles. The number of nitrogens with one attached hydrogen (secondary N) is 3. The highest BCUT2D eigenvalue weighted by Crippen LogP contribution is 2.31. The number of aromatic nitrogens is 3. The van der Waals surface area contributed by atoms with Gasteiger partial charge in [0.2, 0.25) is 0 Å². The molecular formula is C18H15F2N7. The Morgan fingerprint density at radius 3 is 2.78 bits per heavy atom. The van der Waals surface area contributed by atoms with E-state index in [1.807, 2.05) is 0 Å². The van der Waals surface area contributed by atoms with Crippen molar-refractivity contribution in [2.24, 2.45) is 10.7 Å². The Morgan fingerprint density at radius 2 is 2.04 bits per heavy atom. The third-order valence-electron chi connectivity index (χ3n) is 3.73. The molecule has 27 heavy (non-hydrogen) atoms. The number of amidine groups is 2. The highest BCUT2D eigenvalue weighted by Gasteiger charge is 2.37. The van der Waals surface area contributed by atoms with Gasteiger partial charge in [-0.3, -0.25) is 15.5 Å². The Hall–Kier alpha value is -3.75. The molecule has 0 amide bonds. The van der Waals surface area contributed by atoms with Gasteiger partial charge in [0.05, 0.1) is 17.4 Å². The van der Waals surface area contributed by atoms with E-state index in [1.54, 1.807) is 18.3 Å². The Kier molecular flexibility index (Phi) is 4.84. The van der Waals surface area contributed by atoms with E-state index in [9.17, 15) is 8.78 Å². The van der Waals surface area contributed by atoms with Crippen molar-refractivity contribution in [1.82, 2.24) is 15.2 Å². The van der Waals surface area contributed by atoms with Gasteiger partial charge in [-0.15, -0.1) is 0 Å². The minimum Gasteiger partial charge on any atom is -0.384 e. The molecule has 0 unspecified atom stereocenters. The molecule has 0 atom stereocenters. The molecule has 0 aliphatic carbocycles. The van der Waals surface area contributed by atoms with E-state index >= 15 is 0 Å². The molecule has 0 bridgehead atoms. The van der Waals surface area contributed by atoms with Crippen molar-refractivity contribution in [3.8, 4) is 0 Å². The minimum atomic E-state index is -3.62. The molecule has 136 valence electrons. The van der Waals surface area contributed by atoms with Gasteiger partial charge in [0.15, 0.2) is 5.84 Å². The first kappa shape index (κ1) is 18.1. The van der Waals surface area contributed by atoms with Crippen LogP contribution >= 0.6 is 0 Å². The first-order valence-electron chi connectivity index (χ1n) is 7.80. The van der Waals surface area contributed by atoms with Crippen LogP contribution in [0.5, 0.6) is 0 Å². The number of rotatable bonds is 5. The van der Waals surface area contributed by atoms with E-state index in [1.165, 1.54) is 42.7 Å². The summed E-state index contributed by atoms with van der Waals surface area (Å²) in [5.74, 6) is -5.13. The molecular weight excluding hydrogens is 352 g/mol. The second-order valence-electron chi connectivity index (χ2n) is 5.60. The molecule has 0 saturated heterocycles. The number of pyridine rings is 1. The lowest BCUT2D eigenvalue weighted by Crippen LogP contribution is -2.26. The van der Waals surface area contributed by atoms with Gasteiger partial charge < -0.3 is 11.1 Å². The van der Waals surface area contributed by atoms with Crippen LogP contribution in [0.2, 0.25) is 0 Å². The third kappa shape index (κ3) is 3.92. The second kappa shape index (κ2) is 7.24. The highest BCUT2D eigenvalue weighted by atomic mass is 19.3. The number of H-pyrrole nitrogens is 1. The van der Waals surface area contributed by atoms with Gasteiger partial charge in [0.1, 0.15) is 5.84 Å². The molecule has 5 N–H and O–H groups in total. The normalized spacial score (nSPS) is 12.6. The number of benzene rings is 1. The number of halogens is 2. The summed E-state index contributed by atoms with van der Waals surface area (Å²) in [6.45, 7) is 0. The number of aliphatic imine (C=N–C) groups is 1. The van der Waals surface area contributed by atoms with Gasteiger partial charge >= 0.3 is 5.92 Å². The molecule has 0 spiro atoms. The summed E-state index contributed by atoms with van der Waals surface area (Å²) in [6, 6.07) is 7.25. The zero-order valence-corrected chi connectivity index (χ0v) is 13.9. The molecule has 0 fully saturated rings. The Balaban J connectivity index is 1.79. The molecule has 0 radical (unpaired) electrons. The maximum atomic E-state index is 14.6. The molecule has 3 rings (SSSR count). The predicted octanol–water partition coefficient (Wildman–Crippen LogP) is 3.01. The van der Waals surface area contributed by atoms with Gasteiger partial charge in [-0.2, -0.15) is 13.9 Å². The average molecular weight is 367 g/mol. The summed E-state index contributed by atoms with van der Waals surface area (Å²) in [5.41, 5.74) is 6.38. The van der Waals surface area contributed by atoms with Crippen molar-refractivity contribution in [1.29, 1.82) is 10.8 Å². The standard InChI is InChI=1S/C18H15F2N7/c19-18(20,13-3-5-15-11(8-13)2-1-7-24-15)17(23)27-16(22)6-4-14(21)12-9-25-26-10-12/h1-10,21H,(H,25,26)(H3,22,23,27)/b6-4-,21-14?. The lowest BCUT2D eigenvalue weighted by atomic mass is 10.0. The van der Waals surface area contributed by atoms with Crippen molar-refractivity contribution >= 4 is 28.3 Å². The smallest absolute Gasteiger partial charge is 0.331 e. The maximum Gasteiger partial charge on any atom is 0.331 e. The Labute approximate surface area is 152 Å². The number of allylic oxidation sites excluding steroid dienone is 1. The summed E-state index contributed by atoms with van der Waals surface area (Å²) in [7, 11) is 0. The molecule has 0 aliphatic rings. The fraction of sp³-hybridized carbons (Fsp3) is 0.0556. The second-order valence-corrected chi connectivity index (χ2v) is 5.60. The summed E-state index contributed by atoms with van der Waals surface area (Å²) >= 11 is 0. The molecule has 0 aliphatic heterocycles. The van der Waals surface area contributed by atoms with Crippen LogP contribution in [0.4, 0.5) is 8.78 Å². The van der Waals surface area contributed by atoms with Crippen molar-refractivity contribution in [2.45, 2.75) is 5.92 Å². The van der Waals surface area contributed by atoms with Gasteiger partial charge in [-0.05, 0) is 30.4 Å². The van der Waals surface area contributed by atoms with Crippen molar-refractivity contribution < 1.29 is 8.78 Å². The van der Waals surface area contributed by atoms with Gasteiger partial charge in [-0.25, -0.2) is 4.99 Å². The number of hydrogen-bond donors (Lipinski definition) is 4. The largest absolute Gasteiger partial charge is 0.384 e. The van der Waals surface area contributed by atoms with E-state index in [0.717, 1.165) is 0 Å². The Bertz CT molecular complexity index is 1050. The molecule has 3 aromatic rings. The molecule has 2 aromatic heterocycles. The fourth-order valence-corrected chi connectivity index (χ4v) is 2.31. The maximum absolute atomic E-state index is 14.6. The fourth-order valence-electron chi connectivity index (χ4n) is 2.31. The monoisotopic (exact) mass is 367 g/mol. The number of aromatic amines is 1. The van der Waals surface area contributed by atoms with Crippen LogP contribution in [0.3, 0.4) is 0 Å². The first-order valence-corrected chi connectivity index (χ1v) is 7.80. The zero-order chi connectivity index (χ0) is 19.4. The lowest BCUT2D eigenvalue weighted by molar-refractivity contribution is 0.0738. The topological polar surface area (TPSA) is 128 Å². The van der Waals surface area contributed by atoms with Crippen LogP contribution in [0.15, 0.2) is 66.1 Å². The number of fused-ring (bicyclic) bond motifs is 1. The quantitative estimate of drug-likeness (QED) is 0.409. The van der Waals surface area contributed by atoms with Crippen LogP contribution in [0.25, 0.3) is 10.9 Å². The average Bonchev–Trinajstić information content (AvgIpc) is 3.20. The van der Waals surface area contributed by atoms with Crippen LogP contribution in [0, 0.1) is 10.8 Å². The Morgan fingerprint density at radius 1 is 1.22 bits per heavy atom. The van der Waals surface area contributed by atoms with Crippen LogP contribution < -0.4 is 5.73 Å². The van der Waals surface area contributed by atoms with E-state index in [4.69, 9.17) is 16.6 Å². The number of nitrogens with two attached hydrogens (primary N) is 1. The molecule has 9 heteroatoms. The van der Waals surface area contributed by atoms with Gasteiger partial charge in [0, 0.05) is 28.9 Å². The summed E-state index contributed by atoms with van der Waals surface area (Å²) in [5, 5.41) is 22.2. The van der Waals surface area contributed by atoms with Crippen LogP contribution in [0.1, 0.15) is 11.1 Å². The van der Waals surface area contributed by atoms with E-state index < -0.39 is 11.8 Å². The lowest BCUT2D eigenvalue weighted by Gasteiger charge is -2.15. The van der Waals surface area contributed by atoms with Crippen LogP contribution in [-0.2, 0) is 5.92 Å². The SMILES string of the molecule is N=C(/C=C\C(N)=NC(=N)C(F)(F)c1ccc2ncccc2c1)c1cn[nH]c1. The number of nitrogens with zero attached hydrogens (tertiary/aromatic N) is 3. The van der Waals surface area contributed by atoms with Crippen molar-refractivity contribution in [3.05, 3.63) is 72.2 Å². The van der Waals surface area contributed by atoms with E-state index in [2.05, 4.69) is 20.2 Å². The van der Waals surface area contributed by atoms with Gasteiger partial charge in [0.25, 0.3) is 0 Å². The number of alkyl halides is 2.